The van der Waals surface area contributed by atoms with Crippen molar-refractivity contribution in [3.8, 4) is 0 Å². The molecule has 0 atom stereocenters. The van der Waals surface area contributed by atoms with Gasteiger partial charge in [0.25, 0.3) is 0 Å². The zero-order chi connectivity index (χ0) is 15.1. The van der Waals surface area contributed by atoms with Crippen molar-refractivity contribution in [2.75, 3.05) is 18.0 Å². The van der Waals surface area contributed by atoms with Crippen LogP contribution in [0.1, 0.15) is 4.88 Å². The van der Waals surface area contributed by atoms with E-state index in [9.17, 15) is 9.59 Å². The number of carbonyl (C=O) groups is 2. The van der Waals surface area contributed by atoms with Gasteiger partial charge in [-0.05, 0) is 23.6 Å². The van der Waals surface area contributed by atoms with E-state index in [2.05, 4.69) is 5.32 Å². The van der Waals surface area contributed by atoms with Crippen LogP contribution in [-0.2, 0) is 16.1 Å². The van der Waals surface area contributed by atoms with Gasteiger partial charge in [0, 0.05) is 10.6 Å². The predicted octanol–water partition coefficient (Wildman–Crippen LogP) is 1.96. The number of hydrogen-bond donors (Lipinski definition) is 2. The Labute approximate surface area is 126 Å². The van der Waals surface area contributed by atoms with Gasteiger partial charge in [-0.1, -0.05) is 24.3 Å². The van der Waals surface area contributed by atoms with Gasteiger partial charge in [-0.15, -0.1) is 11.3 Å². The average molecular weight is 304 g/mol. The van der Waals surface area contributed by atoms with E-state index < -0.39 is 5.97 Å². The maximum absolute atomic E-state index is 12.0. The van der Waals surface area contributed by atoms with Crippen molar-refractivity contribution in [2.45, 2.75) is 6.54 Å². The number of benzene rings is 1. The summed E-state index contributed by atoms with van der Waals surface area (Å²) in [5.41, 5.74) is 0.714. The summed E-state index contributed by atoms with van der Waals surface area (Å²) in [5, 5.41) is 13.7. The summed E-state index contributed by atoms with van der Waals surface area (Å²) in [5.74, 6) is -1.17. The Hall–Kier alpha value is -2.34. The molecule has 6 heteroatoms. The average Bonchev–Trinajstić information content (AvgIpc) is 2.98. The molecule has 0 fully saturated rings. The standard InChI is InChI=1S/C15H16N2O3S/c18-14(16-9-13-7-4-8-21-13)10-17(11-15(19)20)12-5-2-1-3-6-12/h1-8H,9-11H2,(H,16,18)(H,19,20). The third kappa shape index (κ3) is 4.92. The molecule has 2 N–H and O–H groups in total. The fourth-order valence-electron chi connectivity index (χ4n) is 1.87. The Morgan fingerprint density at radius 2 is 1.86 bits per heavy atom. The van der Waals surface area contributed by atoms with Crippen molar-refractivity contribution >= 4 is 28.9 Å². The summed E-state index contributed by atoms with van der Waals surface area (Å²) in [7, 11) is 0. The van der Waals surface area contributed by atoms with Crippen LogP contribution in [0.15, 0.2) is 47.8 Å². The first-order valence-corrected chi connectivity index (χ1v) is 7.34. The summed E-state index contributed by atoms with van der Waals surface area (Å²) in [6.07, 6.45) is 0. The maximum atomic E-state index is 12.0. The van der Waals surface area contributed by atoms with Crippen molar-refractivity contribution in [2.24, 2.45) is 0 Å². The van der Waals surface area contributed by atoms with E-state index in [0.717, 1.165) is 4.88 Å². The number of para-hydroxylation sites is 1. The number of hydrogen-bond acceptors (Lipinski definition) is 4. The number of rotatable bonds is 7. The molecule has 0 saturated carbocycles. The van der Waals surface area contributed by atoms with E-state index >= 15 is 0 Å². The van der Waals surface area contributed by atoms with Crippen molar-refractivity contribution in [1.29, 1.82) is 0 Å². The van der Waals surface area contributed by atoms with Crippen LogP contribution in [0.3, 0.4) is 0 Å². The second kappa shape index (κ2) is 7.44. The van der Waals surface area contributed by atoms with E-state index in [1.165, 1.54) is 4.90 Å². The molecular formula is C15H16N2O3S. The third-order valence-electron chi connectivity index (χ3n) is 2.82. The zero-order valence-electron chi connectivity index (χ0n) is 11.4. The van der Waals surface area contributed by atoms with Crippen LogP contribution in [-0.4, -0.2) is 30.1 Å². The van der Waals surface area contributed by atoms with Crippen LogP contribution in [0.25, 0.3) is 0 Å². The molecule has 0 aliphatic rings. The molecule has 0 unspecified atom stereocenters. The predicted molar refractivity (Wildman–Crippen MR) is 82.5 cm³/mol. The smallest absolute Gasteiger partial charge is 0.323 e. The van der Waals surface area contributed by atoms with Gasteiger partial charge in [-0.3, -0.25) is 9.59 Å². The van der Waals surface area contributed by atoms with E-state index in [1.807, 2.05) is 35.7 Å². The summed E-state index contributed by atoms with van der Waals surface area (Å²) in [6.45, 7) is 0.268. The second-order valence-electron chi connectivity index (χ2n) is 4.44. The molecule has 2 rings (SSSR count). The van der Waals surface area contributed by atoms with Crippen molar-refractivity contribution in [3.05, 3.63) is 52.7 Å². The first-order valence-electron chi connectivity index (χ1n) is 6.46. The topological polar surface area (TPSA) is 69.6 Å². The lowest BCUT2D eigenvalue weighted by atomic mass is 10.3. The lowest BCUT2D eigenvalue weighted by Gasteiger charge is -2.22. The Kier molecular flexibility index (Phi) is 5.34. The molecule has 2 aromatic rings. The van der Waals surface area contributed by atoms with Gasteiger partial charge >= 0.3 is 5.97 Å². The molecule has 0 bridgehead atoms. The molecule has 5 nitrogen and oxygen atoms in total. The summed E-state index contributed by atoms with van der Waals surface area (Å²) in [4.78, 5) is 25.5. The van der Waals surface area contributed by atoms with Crippen LogP contribution in [0.2, 0.25) is 0 Å². The molecule has 1 aromatic heterocycles. The maximum Gasteiger partial charge on any atom is 0.323 e. The lowest BCUT2D eigenvalue weighted by molar-refractivity contribution is -0.135. The first kappa shape index (κ1) is 15.1. The molecule has 1 aromatic carbocycles. The number of carbonyl (C=O) groups excluding carboxylic acids is 1. The van der Waals surface area contributed by atoms with Crippen LogP contribution in [0.4, 0.5) is 5.69 Å². The Morgan fingerprint density at radius 1 is 1.10 bits per heavy atom. The molecule has 21 heavy (non-hydrogen) atoms. The van der Waals surface area contributed by atoms with Gasteiger partial charge in [0.15, 0.2) is 0 Å². The summed E-state index contributed by atoms with van der Waals surface area (Å²) >= 11 is 1.57. The minimum Gasteiger partial charge on any atom is -0.480 e. The fourth-order valence-corrected chi connectivity index (χ4v) is 2.51. The van der Waals surface area contributed by atoms with E-state index in [-0.39, 0.29) is 19.0 Å². The first-order chi connectivity index (χ1) is 10.1. The van der Waals surface area contributed by atoms with Gasteiger partial charge in [0.1, 0.15) is 6.54 Å². The van der Waals surface area contributed by atoms with Gasteiger partial charge in [-0.25, -0.2) is 0 Å². The van der Waals surface area contributed by atoms with Crippen LogP contribution < -0.4 is 10.2 Å². The van der Waals surface area contributed by atoms with Crippen molar-refractivity contribution in [3.63, 3.8) is 0 Å². The van der Waals surface area contributed by atoms with Crippen LogP contribution in [0.5, 0.6) is 0 Å². The molecule has 0 radical (unpaired) electrons. The summed E-state index contributed by atoms with van der Waals surface area (Å²) in [6, 6.07) is 12.9. The van der Waals surface area contributed by atoms with Crippen molar-refractivity contribution in [1.82, 2.24) is 5.32 Å². The molecular weight excluding hydrogens is 288 g/mol. The van der Waals surface area contributed by atoms with Gasteiger partial charge in [0.05, 0.1) is 13.1 Å². The van der Waals surface area contributed by atoms with Gasteiger partial charge < -0.3 is 15.3 Å². The molecule has 110 valence electrons. The molecule has 0 saturated heterocycles. The minimum atomic E-state index is -0.968. The molecule has 1 heterocycles. The number of carboxylic acid groups (broad SMARTS) is 1. The fraction of sp³-hybridized carbons (Fsp3) is 0.200. The highest BCUT2D eigenvalue weighted by Gasteiger charge is 2.14. The number of amides is 1. The number of nitrogens with one attached hydrogen (secondary N) is 1. The minimum absolute atomic E-state index is 0.0156. The van der Waals surface area contributed by atoms with Gasteiger partial charge in [-0.2, -0.15) is 0 Å². The molecule has 0 aliphatic heterocycles. The molecule has 0 spiro atoms. The van der Waals surface area contributed by atoms with E-state index in [1.54, 1.807) is 23.5 Å². The Bertz CT molecular complexity index is 584. The number of thiophene rings is 1. The van der Waals surface area contributed by atoms with Crippen molar-refractivity contribution < 1.29 is 14.7 Å². The highest BCUT2D eigenvalue weighted by atomic mass is 32.1. The number of aliphatic carboxylic acids is 1. The normalized spacial score (nSPS) is 10.1. The van der Waals surface area contributed by atoms with E-state index in [0.29, 0.717) is 12.2 Å². The largest absolute Gasteiger partial charge is 0.480 e. The zero-order valence-corrected chi connectivity index (χ0v) is 12.2. The monoisotopic (exact) mass is 304 g/mol. The van der Waals surface area contributed by atoms with E-state index in [4.69, 9.17) is 5.11 Å². The summed E-state index contributed by atoms with van der Waals surface area (Å²) < 4.78 is 0. The SMILES string of the molecule is O=C(O)CN(CC(=O)NCc1cccs1)c1ccccc1. The molecule has 1 amide bonds. The quantitative estimate of drug-likeness (QED) is 0.820. The molecule has 0 aliphatic carbocycles. The van der Waals surface area contributed by atoms with Crippen LogP contribution >= 0.6 is 11.3 Å². The second-order valence-corrected chi connectivity index (χ2v) is 5.47. The Balaban J connectivity index is 1.94. The highest BCUT2D eigenvalue weighted by Crippen LogP contribution is 2.12. The highest BCUT2D eigenvalue weighted by molar-refractivity contribution is 7.09. The lowest BCUT2D eigenvalue weighted by Crippen LogP contribution is -2.39. The number of carboxylic acids is 1. The number of anilines is 1. The number of nitrogens with zero attached hydrogens (tertiary/aromatic N) is 1. The van der Waals surface area contributed by atoms with Gasteiger partial charge in [0.2, 0.25) is 5.91 Å². The Morgan fingerprint density at radius 3 is 2.48 bits per heavy atom. The third-order valence-corrected chi connectivity index (χ3v) is 3.70. The van der Waals surface area contributed by atoms with Crippen LogP contribution in [0, 0.1) is 0 Å².